The van der Waals surface area contributed by atoms with Gasteiger partial charge in [0, 0.05) is 18.3 Å². The second-order valence-electron chi connectivity index (χ2n) is 5.83. The van der Waals surface area contributed by atoms with Gasteiger partial charge in [0.05, 0.1) is 20.3 Å². The normalized spacial score (nSPS) is 21.3. The smallest absolute Gasteiger partial charge is 0.244 e. The molecule has 8 nitrogen and oxygen atoms in total. The van der Waals surface area contributed by atoms with Gasteiger partial charge in [0.2, 0.25) is 15.9 Å². The van der Waals surface area contributed by atoms with E-state index in [4.69, 9.17) is 9.47 Å². The van der Waals surface area contributed by atoms with Crippen molar-refractivity contribution in [2.24, 2.45) is 0 Å². The topological polar surface area (TPSA) is 106 Å². The predicted octanol–water partition coefficient (Wildman–Crippen LogP) is 0.0628. The van der Waals surface area contributed by atoms with Gasteiger partial charge in [0.15, 0.2) is 0 Å². The molecule has 2 fully saturated rings. The standard InChI is InChI=1S/C15H21N3O5S/c1-22-13-5-4-11(17-15(19)12-9-23-7-6-16-12)8-14(13)24(20,21)18-10-2-3-10/h4-5,8,10,12,16,18H,2-3,6-7,9H2,1H3,(H,17,19). The Morgan fingerprint density at radius 3 is 2.79 bits per heavy atom. The lowest BCUT2D eigenvalue weighted by Crippen LogP contribution is -2.48. The maximum atomic E-state index is 12.5. The molecule has 1 saturated carbocycles. The molecule has 3 rings (SSSR count). The third-order valence-corrected chi connectivity index (χ3v) is 5.40. The molecule has 1 aliphatic heterocycles. The first-order chi connectivity index (χ1) is 11.5. The zero-order chi connectivity index (χ0) is 17.2. The fraction of sp³-hybridized carbons (Fsp3) is 0.533. The van der Waals surface area contributed by atoms with Gasteiger partial charge in [0.1, 0.15) is 16.7 Å². The Labute approximate surface area is 141 Å². The molecule has 1 aromatic rings. The Morgan fingerprint density at radius 1 is 1.38 bits per heavy atom. The molecule has 0 spiro atoms. The van der Waals surface area contributed by atoms with Gasteiger partial charge in [-0.05, 0) is 31.0 Å². The summed E-state index contributed by atoms with van der Waals surface area (Å²) in [6, 6.07) is 4.08. The van der Waals surface area contributed by atoms with Crippen molar-refractivity contribution in [3.63, 3.8) is 0 Å². The molecule has 24 heavy (non-hydrogen) atoms. The van der Waals surface area contributed by atoms with Crippen LogP contribution < -0.4 is 20.1 Å². The molecule has 2 aliphatic rings. The number of carbonyl (C=O) groups is 1. The van der Waals surface area contributed by atoms with Crippen LogP contribution in [-0.2, 0) is 19.6 Å². The lowest BCUT2D eigenvalue weighted by atomic mass is 10.2. The van der Waals surface area contributed by atoms with Gasteiger partial charge in [0.25, 0.3) is 0 Å². The molecule has 1 aromatic carbocycles. The van der Waals surface area contributed by atoms with Crippen molar-refractivity contribution in [1.29, 1.82) is 0 Å². The van der Waals surface area contributed by atoms with Crippen LogP contribution in [0.25, 0.3) is 0 Å². The molecule has 1 heterocycles. The largest absolute Gasteiger partial charge is 0.495 e. The fourth-order valence-corrected chi connectivity index (χ4v) is 3.91. The van der Waals surface area contributed by atoms with E-state index < -0.39 is 16.1 Å². The molecule has 0 radical (unpaired) electrons. The highest BCUT2D eigenvalue weighted by atomic mass is 32.2. The molecule has 132 valence electrons. The maximum absolute atomic E-state index is 12.5. The van der Waals surface area contributed by atoms with Crippen molar-refractivity contribution in [2.45, 2.75) is 29.8 Å². The number of sulfonamides is 1. The predicted molar refractivity (Wildman–Crippen MR) is 87.6 cm³/mol. The minimum Gasteiger partial charge on any atom is -0.495 e. The van der Waals surface area contributed by atoms with Crippen LogP contribution >= 0.6 is 0 Å². The lowest BCUT2D eigenvalue weighted by molar-refractivity contribution is -0.120. The summed E-state index contributed by atoms with van der Waals surface area (Å²) < 4.78 is 37.9. The van der Waals surface area contributed by atoms with Crippen LogP contribution in [0, 0.1) is 0 Å². The lowest BCUT2D eigenvalue weighted by Gasteiger charge is -2.23. The van der Waals surface area contributed by atoms with Crippen molar-refractivity contribution < 1.29 is 22.7 Å². The van der Waals surface area contributed by atoms with E-state index in [2.05, 4.69) is 15.4 Å². The molecule has 1 atom stereocenters. The summed E-state index contributed by atoms with van der Waals surface area (Å²) in [5.41, 5.74) is 0.393. The summed E-state index contributed by atoms with van der Waals surface area (Å²) in [5, 5.41) is 5.76. The Kier molecular flexibility index (Phi) is 5.04. The summed E-state index contributed by atoms with van der Waals surface area (Å²) in [5.74, 6) is -0.0290. The molecular weight excluding hydrogens is 334 g/mol. The number of ether oxygens (including phenoxy) is 2. The van der Waals surface area contributed by atoms with Crippen LogP contribution in [-0.4, -0.2) is 53.3 Å². The summed E-state index contributed by atoms with van der Waals surface area (Å²) in [7, 11) is -2.28. The molecule has 9 heteroatoms. The second kappa shape index (κ2) is 7.06. The zero-order valence-electron chi connectivity index (χ0n) is 13.4. The van der Waals surface area contributed by atoms with Gasteiger partial charge >= 0.3 is 0 Å². The third kappa shape index (κ3) is 4.04. The van der Waals surface area contributed by atoms with E-state index in [1.807, 2.05) is 0 Å². The summed E-state index contributed by atoms with van der Waals surface area (Å²) in [6.45, 7) is 1.46. The van der Waals surface area contributed by atoms with Gasteiger partial charge in [-0.2, -0.15) is 0 Å². The van der Waals surface area contributed by atoms with Crippen molar-refractivity contribution in [3.8, 4) is 5.75 Å². The highest BCUT2D eigenvalue weighted by Crippen LogP contribution is 2.29. The SMILES string of the molecule is COc1ccc(NC(=O)C2COCCN2)cc1S(=O)(=O)NC1CC1. The van der Waals surface area contributed by atoms with Crippen LogP contribution in [0.3, 0.4) is 0 Å². The number of anilines is 1. The summed E-state index contributed by atoms with van der Waals surface area (Å²) in [4.78, 5) is 12.2. The Hall–Kier alpha value is -1.68. The number of hydrogen-bond acceptors (Lipinski definition) is 6. The average Bonchev–Trinajstić information content (AvgIpc) is 3.39. The Bertz CT molecular complexity index is 712. The maximum Gasteiger partial charge on any atom is 0.244 e. The summed E-state index contributed by atoms with van der Waals surface area (Å²) in [6.07, 6.45) is 1.68. The molecule has 1 amide bonds. The molecule has 0 bridgehead atoms. The number of methoxy groups -OCH3 is 1. The average molecular weight is 355 g/mol. The van der Waals surface area contributed by atoms with E-state index in [1.165, 1.54) is 19.2 Å². The summed E-state index contributed by atoms with van der Waals surface area (Å²) >= 11 is 0. The number of nitrogens with one attached hydrogen (secondary N) is 3. The van der Waals surface area contributed by atoms with E-state index >= 15 is 0 Å². The Morgan fingerprint density at radius 2 is 2.17 bits per heavy atom. The molecular formula is C15H21N3O5S. The number of rotatable bonds is 6. The molecule has 3 N–H and O–H groups in total. The van der Waals surface area contributed by atoms with Gasteiger partial charge in [-0.3, -0.25) is 4.79 Å². The minimum atomic E-state index is -3.69. The van der Waals surface area contributed by atoms with Gasteiger partial charge in [-0.25, -0.2) is 13.1 Å². The van der Waals surface area contributed by atoms with E-state index in [1.54, 1.807) is 6.07 Å². The van der Waals surface area contributed by atoms with Crippen LogP contribution in [0.5, 0.6) is 5.75 Å². The van der Waals surface area contributed by atoms with Crippen molar-refractivity contribution in [3.05, 3.63) is 18.2 Å². The van der Waals surface area contributed by atoms with Crippen LogP contribution in [0.4, 0.5) is 5.69 Å². The van der Waals surface area contributed by atoms with E-state index in [-0.39, 0.29) is 29.2 Å². The van der Waals surface area contributed by atoms with E-state index in [9.17, 15) is 13.2 Å². The quantitative estimate of drug-likeness (QED) is 0.666. The first-order valence-corrected chi connectivity index (χ1v) is 9.30. The molecule has 1 saturated heterocycles. The number of carbonyl (C=O) groups excluding carboxylic acids is 1. The fourth-order valence-electron chi connectivity index (χ4n) is 2.41. The monoisotopic (exact) mass is 355 g/mol. The third-order valence-electron chi connectivity index (χ3n) is 3.86. The van der Waals surface area contributed by atoms with Crippen molar-refractivity contribution in [1.82, 2.24) is 10.0 Å². The highest BCUT2D eigenvalue weighted by Gasteiger charge is 2.30. The molecule has 0 aromatic heterocycles. The van der Waals surface area contributed by atoms with Gasteiger partial charge in [-0.1, -0.05) is 0 Å². The van der Waals surface area contributed by atoms with E-state index in [0.29, 0.717) is 18.8 Å². The van der Waals surface area contributed by atoms with Crippen molar-refractivity contribution >= 4 is 21.6 Å². The van der Waals surface area contributed by atoms with E-state index in [0.717, 1.165) is 12.8 Å². The van der Waals surface area contributed by atoms with Crippen LogP contribution in [0.15, 0.2) is 23.1 Å². The second-order valence-corrected chi connectivity index (χ2v) is 7.51. The minimum absolute atomic E-state index is 0.0125. The number of hydrogen-bond donors (Lipinski definition) is 3. The first-order valence-electron chi connectivity index (χ1n) is 7.82. The number of amides is 1. The number of benzene rings is 1. The zero-order valence-corrected chi connectivity index (χ0v) is 14.2. The number of morpholine rings is 1. The van der Waals surface area contributed by atoms with Gasteiger partial charge in [-0.15, -0.1) is 0 Å². The highest BCUT2D eigenvalue weighted by molar-refractivity contribution is 7.89. The molecule has 1 unspecified atom stereocenters. The van der Waals surface area contributed by atoms with Crippen molar-refractivity contribution in [2.75, 3.05) is 32.2 Å². The van der Waals surface area contributed by atoms with Crippen LogP contribution in [0.2, 0.25) is 0 Å². The van der Waals surface area contributed by atoms with Gasteiger partial charge < -0.3 is 20.1 Å². The van der Waals surface area contributed by atoms with Crippen LogP contribution in [0.1, 0.15) is 12.8 Å². The molecule has 1 aliphatic carbocycles. The first kappa shape index (κ1) is 17.2. The Balaban J connectivity index is 1.79.